The zero-order valence-corrected chi connectivity index (χ0v) is 18.4. The molecule has 0 amide bonds. The molecule has 0 aliphatic heterocycles. The molecule has 32 heavy (non-hydrogen) atoms. The number of nitrogens with zero attached hydrogens (tertiary/aromatic N) is 1. The Kier molecular flexibility index (Phi) is 7.50. The van der Waals surface area contributed by atoms with Crippen LogP contribution in [0.3, 0.4) is 0 Å². The number of pyridine rings is 1. The molecule has 3 N–H and O–H groups in total. The highest BCUT2D eigenvalue weighted by Crippen LogP contribution is 2.23. The summed E-state index contributed by atoms with van der Waals surface area (Å²) in [6, 6.07) is 14.9. The summed E-state index contributed by atoms with van der Waals surface area (Å²) in [5, 5.41) is 23.7. The van der Waals surface area contributed by atoms with E-state index in [4.69, 9.17) is 12.2 Å². The first kappa shape index (κ1) is 23.3. The maximum atomic E-state index is 12.4. The topological polar surface area (TPSA) is 65.6 Å². The Balaban J connectivity index is 2.01. The van der Waals surface area contributed by atoms with Crippen LogP contribution >= 0.6 is 12.2 Å². The second kappa shape index (κ2) is 10.3. The van der Waals surface area contributed by atoms with Gasteiger partial charge in [0.1, 0.15) is 5.75 Å². The third-order valence-electron chi connectivity index (χ3n) is 4.86. The number of alkyl halides is 2. The third kappa shape index (κ3) is 5.66. The Morgan fingerprint density at radius 1 is 1.09 bits per heavy atom. The van der Waals surface area contributed by atoms with Crippen LogP contribution in [-0.4, -0.2) is 21.8 Å². The van der Waals surface area contributed by atoms with E-state index in [0.29, 0.717) is 22.5 Å². The van der Waals surface area contributed by atoms with Gasteiger partial charge in [0.05, 0.1) is 6.61 Å². The average molecular weight is 458 g/mol. The van der Waals surface area contributed by atoms with Crippen molar-refractivity contribution in [2.24, 2.45) is 0 Å². The SMILES string of the molecule is Cc1ccc(/C(O)=C(/C(=S)Nc2ccc(OC(F)F)cc2)[n+]2cccc(CO)c2)cc1C. The number of aryl methyl sites for hydroxylation is 2. The lowest BCUT2D eigenvalue weighted by Gasteiger charge is -2.12. The van der Waals surface area contributed by atoms with Crippen LogP contribution in [0.4, 0.5) is 14.5 Å². The first-order valence-electron chi connectivity index (χ1n) is 9.77. The fraction of sp³-hybridized carbons (Fsp3) is 0.167. The van der Waals surface area contributed by atoms with Crippen LogP contribution in [0.2, 0.25) is 0 Å². The largest absolute Gasteiger partial charge is 0.502 e. The van der Waals surface area contributed by atoms with E-state index in [1.54, 1.807) is 47.3 Å². The Hall–Kier alpha value is -3.36. The summed E-state index contributed by atoms with van der Waals surface area (Å²) in [5.41, 5.74) is 4.14. The monoisotopic (exact) mass is 457 g/mol. The molecule has 0 radical (unpaired) electrons. The van der Waals surface area contributed by atoms with Gasteiger partial charge in [-0.15, -0.1) is 0 Å². The zero-order valence-electron chi connectivity index (χ0n) is 17.5. The number of nitrogens with one attached hydrogen (secondary N) is 1. The molecule has 0 atom stereocenters. The van der Waals surface area contributed by atoms with Crippen LogP contribution < -0.4 is 14.6 Å². The minimum atomic E-state index is -2.91. The van der Waals surface area contributed by atoms with E-state index in [0.717, 1.165) is 11.1 Å². The number of anilines is 1. The van der Waals surface area contributed by atoms with Crippen molar-refractivity contribution < 1.29 is 28.3 Å². The van der Waals surface area contributed by atoms with Crippen molar-refractivity contribution >= 4 is 34.3 Å². The number of rotatable bonds is 7. The van der Waals surface area contributed by atoms with Gasteiger partial charge in [0, 0.05) is 22.9 Å². The third-order valence-corrected chi connectivity index (χ3v) is 5.16. The molecular formula is C24H23F2N2O3S+. The van der Waals surface area contributed by atoms with Gasteiger partial charge in [0.25, 0.3) is 5.70 Å². The first-order valence-corrected chi connectivity index (χ1v) is 10.2. The lowest BCUT2D eigenvalue weighted by atomic mass is 10.0. The van der Waals surface area contributed by atoms with E-state index in [1.807, 2.05) is 26.0 Å². The highest BCUT2D eigenvalue weighted by atomic mass is 32.1. The van der Waals surface area contributed by atoms with Crippen LogP contribution in [0.5, 0.6) is 5.75 Å². The molecule has 1 heterocycles. The van der Waals surface area contributed by atoms with E-state index >= 15 is 0 Å². The first-order chi connectivity index (χ1) is 15.3. The van der Waals surface area contributed by atoms with E-state index < -0.39 is 6.61 Å². The van der Waals surface area contributed by atoms with Gasteiger partial charge in [0.2, 0.25) is 0 Å². The van der Waals surface area contributed by atoms with Gasteiger partial charge >= 0.3 is 6.61 Å². The molecule has 0 fully saturated rings. The van der Waals surface area contributed by atoms with Crippen LogP contribution in [0.1, 0.15) is 22.3 Å². The Morgan fingerprint density at radius 3 is 2.44 bits per heavy atom. The van der Waals surface area contributed by atoms with Crippen molar-refractivity contribution in [1.29, 1.82) is 0 Å². The smallest absolute Gasteiger partial charge is 0.387 e. The number of aliphatic hydroxyl groups excluding tert-OH is 2. The Bertz CT molecular complexity index is 1150. The summed E-state index contributed by atoms with van der Waals surface area (Å²) in [6.07, 6.45) is 3.37. The van der Waals surface area contributed by atoms with Crippen LogP contribution in [0, 0.1) is 13.8 Å². The minimum absolute atomic E-state index is 0.0234. The van der Waals surface area contributed by atoms with Gasteiger partial charge in [0.15, 0.2) is 23.1 Å². The molecule has 8 heteroatoms. The van der Waals surface area contributed by atoms with E-state index in [1.165, 1.54) is 12.1 Å². The molecule has 0 bridgehead atoms. The average Bonchev–Trinajstić information content (AvgIpc) is 2.77. The number of thiocarbonyl (C=S) groups is 1. The van der Waals surface area contributed by atoms with Crippen molar-refractivity contribution in [2.75, 3.05) is 5.32 Å². The molecule has 0 saturated carbocycles. The van der Waals surface area contributed by atoms with Crippen molar-refractivity contribution in [1.82, 2.24) is 0 Å². The molecule has 0 aliphatic carbocycles. The molecule has 166 valence electrons. The van der Waals surface area contributed by atoms with Crippen LogP contribution in [0.15, 0.2) is 67.0 Å². The van der Waals surface area contributed by atoms with Crippen LogP contribution in [-0.2, 0) is 6.61 Å². The molecule has 0 aliphatic rings. The molecule has 5 nitrogen and oxygen atoms in total. The lowest BCUT2D eigenvalue weighted by Crippen LogP contribution is -2.39. The fourth-order valence-electron chi connectivity index (χ4n) is 3.04. The summed E-state index contributed by atoms with van der Waals surface area (Å²) in [7, 11) is 0. The molecule has 0 spiro atoms. The molecule has 0 unspecified atom stereocenters. The summed E-state index contributed by atoms with van der Waals surface area (Å²) in [4.78, 5) is 0.198. The minimum Gasteiger partial charge on any atom is -0.502 e. The lowest BCUT2D eigenvalue weighted by molar-refractivity contribution is -0.576. The van der Waals surface area contributed by atoms with Crippen molar-refractivity contribution in [3.63, 3.8) is 0 Å². The number of aromatic nitrogens is 1. The number of halogens is 2. The summed E-state index contributed by atoms with van der Waals surface area (Å²) < 4.78 is 30.7. The molecule has 2 aromatic carbocycles. The highest BCUT2D eigenvalue weighted by Gasteiger charge is 2.24. The predicted octanol–water partition coefficient (Wildman–Crippen LogP) is 5.01. The quantitative estimate of drug-likeness (QED) is 0.202. The molecule has 3 aromatic rings. The normalized spacial score (nSPS) is 11.8. The second-order valence-electron chi connectivity index (χ2n) is 7.13. The van der Waals surface area contributed by atoms with E-state index in [2.05, 4.69) is 10.1 Å². The van der Waals surface area contributed by atoms with Crippen molar-refractivity contribution in [2.45, 2.75) is 27.1 Å². The maximum Gasteiger partial charge on any atom is 0.387 e. The van der Waals surface area contributed by atoms with Gasteiger partial charge in [-0.05, 0) is 61.4 Å². The fourth-order valence-corrected chi connectivity index (χ4v) is 3.36. The van der Waals surface area contributed by atoms with Gasteiger partial charge in [-0.1, -0.05) is 24.4 Å². The van der Waals surface area contributed by atoms with Crippen LogP contribution in [0.25, 0.3) is 11.5 Å². The number of ether oxygens (including phenoxy) is 1. The molecule has 1 aromatic heterocycles. The van der Waals surface area contributed by atoms with Gasteiger partial charge in [-0.2, -0.15) is 13.3 Å². The Morgan fingerprint density at radius 2 is 1.81 bits per heavy atom. The molecular weight excluding hydrogens is 434 g/mol. The number of aliphatic hydroxyl groups is 2. The van der Waals surface area contributed by atoms with Gasteiger partial charge in [-0.25, -0.2) is 0 Å². The number of hydrogen-bond acceptors (Lipinski definition) is 4. The standard InChI is InChI=1S/C24H22F2N2O3S/c1-15-5-6-18(12-16(15)2)22(30)21(28-11-3-4-17(13-28)14-29)23(32)27-19-7-9-20(10-8-19)31-24(25)26/h3-13,24,29H,14H2,1-2H3,(H-,27,30,32)/p+1. The summed E-state index contributed by atoms with van der Waals surface area (Å²) in [6.45, 7) is 0.845. The summed E-state index contributed by atoms with van der Waals surface area (Å²) >= 11 is 5.59. The van der Waals surface area contributed by atoms with Crippen molar-refractivity contribution in [3.05, 3.63) is 89.2 Å². The summed E-state index contributed by atoms with van der Waals surface area (Å²) in [5.74, 6) is -0.0291. The van der Waals surface area contributed by atoms with E-state index in [9.17, 15) is 19.0 Å². The zero-order chi connectivity index (χ0) is 23.3. The Labute approximate surface area is 190 Å². The van der Waals surface area contributed by atoms with E-state index in [-0.39, 0.29) is 23.1 Å². The molecule has 0 saturated heterocycles. The van der Waals surface area contributed by atoms with Gasteiger partial charge in [-0.3, -0.25) is 0 Å². The second-order valence-corrected chi connectivity index (χ2v) is 7.54. The number of hydrogen-bond donors (Lipinski definition) is 3. The van der Waals surface area contributed by atoms with Gasteiger partial charge < -0.3 is 20.3 Å². The maximum absolute atomic E-state index is 12.4. The predicted molar refractivity (Wildman–Crippen MR) is 124 cm³/mol. The van der Waals surface area contributed by atoms with Crippen molar-refractivity contribution in [3.8, 4) is 5.75 Å². The number of benzene rings is 2. The highest BCUT2D eigenvalue weighted by molar-refractivity contribution is 7.81. The molecule has 3 rings (SSSR count).